The molecule has 1 atom stereocenters. The van der Waals surface area contributed by atoms with Crippen LogP contribution >= 0.6 is 11.0 Å². The first-order chi connectivity index (χ1) is 17.3. The van der Waals surface area contributed by atoms with Crippen LogP contribution in [-0.2, 0) is 4.74 Å². The molecule has 37 heavy (non-hydrogen) atoms. The van der Waals surface area contributed by atoms with Gasteiger partial charge in [-0.1, -0.05) is 18.2 Å². The van der Waals surface area contributed by atoms with Gasteiger partial charge in [-0.25, -0.2) is 27.2 Å². The molecule has 8 nitrogen and oxygen atoms in total. The maximum absolute atomic E-state index is 13.5. The van der Waals surface area contributed by atoms with Crippen molar-refractivity contribution in [3.05, 3.63) is 42.0 Å². The van der Waals surface area contributed by atoms with E-state index in [9.17, 15) is 22.7 Å². The molecule has 1 aromatic heterocycles. The van der Waals surface area contributed by atoms with Crippen molar-refractivity contribution in [3.8, 4) is 11.3 Å². The lowest BCUT2D eigenvalue weighted by atomic mass is 9.88. The Balaban J connectivity index is 1.31. The number of rotatable bonds is 4. The number of fused-ring (bicyclic) bond motifs is 1. The first-order valence-electron chi connectivity index (χ1n) is 12.5. The number of hydrogen-bond acceptors (Lipinski definition) is 7. The first kappa shape index (κ1) is 26.0. The summed E-state index contributed by atoms with van der Waals surface area (Å²) in [5.74, 6) is -3.00. The molecule has 3 aliphatic rings. The summed E-state index contributed by atoms with van der Waals surface area (Å²) in [6.45, 7) is 6.70. The molecule has 0 spiro atoms. The van der Waals surface area contributed by atoms with E-state index in [2.05, 4.69) is 12.1 Å². The Hall–Kier alpha value is -2.63. The summed E-state index contributed by atoms with van der Waals surface area (Å²) in [5, 5.41) is 0. The molecule has 1 aromatic carbocycles. The Morgan fingerprint density at radius 2 is 1.86 bits per heavy atom. The third kappa shape index (κ3) is 5.08. The fourth-order valence-corrected chi connectivity index (χ4v) is 6.41. The number of benzene rings is 1. The Bertz CT molecular complexity index is 1200. The lowest BCUT2D eigenvalue weighted by Crippen LogP contribution is -2.41. The van der Waals surface area contributed by atoms with Crippen LogP contribution in [0.1, 0.15) is 51.5 Å². The van der Waals surface area contributed by atoms with E-state index in [1.807, 2.05) is 32.9 Å². The first-order valence-corrected chi connectivity index (χ1v) is 14.0. The fraction of sp³-hybridized carbons (Fsp3) is 0.538. The smallest absolute Gasteiger partial charge is 0.410 e. The molecule has 2 N–H and O–H groups in total. The normalized spacial score (nSPS) is 23.6. The molecule has 202 valence electrons. The number of pyridine rings is 1. The molecule has 2 aliphatic heterocycles. The van der Waals surface area contributed by atoms with Gasteiger partial charge in [-0.05, 0) is 74.3 Å². The van der Waals surface area contributed by atoms with Crippen LogP contribution in [0, 0.1) is 5.92 Å². The Morgan fingerprint density at radius 1 is 1.19 bits per heavy atom. The zero-order valence-corrected chi connectivity index (χ0v) is 22.3. The molecule has 0 bridgehead atoms. The quantitative estimate of drug-likeness (QED) is 0.470. The van der Waals surface area contributed by atoms with Crippen molar-refractivity contribution in [2.24, 2.45) is 5.92 Å². The molecule has 1 unspecified atom stereocenters. The van der Waals surface area contributed by atoms with E-state index in [0.29, 0.717) is 36.2 Å². The molecule has 1 amide bonds. The average Bonchev–Trinajstić information content (AvgIpc) is 3.40. The number of halogens is 2. The highest BCUT2D eigenvalue weighted by atomic mass is 32.3. The van der Waals surface area contributed by atoms with Gasteiger partial charge >= 0.3 is 6.09 Å². The molecule has 2 fully saturated rings. The number of nitrogens with zero attached hydrogens (tertiary/aromatic N) is 4. The molecule has 5 rings (SSSR count). The number of carbonyl (C=O) groups is 1. The number of anilines is 2. The monoisotopic (exact) mass is 536 g/mol. The van der Waals surface area contributed by atoms with E-state index >= 15 is 0 Å². The SMILES string of the molecule is CN1c2nc(-c3cccc(C4CCN(C(=O)OC(C)(C)C)CC4)c3)ccc2N(CC2CC2(F)F)S1(O)O. The fourth-order valence-electron chi connectivity index (χ4n) is 4.96. The highest BCUT2D eigenvalue weighted by molar-refractivity contribution is 8.26. The van der Waals surface area contributed by atoms with Gasteiger partial charge in [0.25, 0.3) is 5.92 Å². The van der Waals surface area contributed by atoms with Gasteiger partial charge < -0.3 is 9.64 Å². The minimum Gasteiger partial charge on any atom is -0.444 e. The molecule has 2 aromatic rings. The predicted octanol–water partition coefficient (Wildman–Crippen LogP) is 6.36. The number of likely N-dealkylation sites (tertiary alicyclic amines) is 1. The van der Waals surface area contributed by atoms with Gasteiger partial charge in [-0.2, -0.15) is 0 Å². The Morgan fingerprint density at radius 3 is 2.49 bits per heavy atom. The summed E-state index contributed by atoms with van der Waals surface area (Å²) in [5.41, 5.74) is 2.62. The van der Waals surface area contributed by atoms with Gasteiger partial charge in [0.1, 0.15) is 11.3 Å². The van der Waals surface area contributed by atoms with Crippen LogP contribution in [0.15, 0.2) is 36.4 Å². The lowest BCUT2D eigenvalue weighted by molar-refractivity contribution is 0.0204. The van der Waals surface area contributed by atoms with Crippen LogP contribution in [0.25, 0.3) is 11.3 Å². The number of hydrogen-bond donors (Lipinski definition) is 2. The highest BCUT2D eigenvalue weighted by Gasteiger charge is 2.59. The standard InChI is InChI=1S/C26H34F2N4O4S/c1-25(2,3)36-24(33)31-12-10-17(11-13-31)18-6-5-7-19(14-18)21-8-9-22-23(29-21)30(4)37(34,35)32(22)16-20-15-26(20,27)28/h5-9,14,17,20,34-35H,10-13,15-16H2,1-4H3. The van der Waals surface area contributed by atoms with Gasteiger partial charge in [0.15, 0.2) is 5.82 Å². The highest BCUT2D eigenvalue weighted by Crippen LogP contribution is 2.62. The summed E-state index contributed by atoms with van der Waals surface area (Å²) in [7, 11) is -1.93. The summed E-state index contributed by atoms with van der Waals surface area (Å²) < 4.78 is 56.6. The number of carbonyl (C=O) groups excluding carboxylic acids is 1. The molecular weight excluding hydrogens is 502 g/mol. The zero-order chi connectivity index (χ0) is 26.8. The molecule has 1 aliphatic carbocycles. The van der Waals surface area contributed by atoms with Crippen LogP contribution in [0.4, 0.5) is 25.1 Å². The van der Waals surface area contributed by atoms with Crippen molar-refractivity contribution < 1.29 is 27.4 Å². The summed E-state index contributed by atoms with van der Waals surface area (Å²) in [6, 6.07) is 11.6. The molecule has 1 saturated carbocycles. The topological polar surface area (TPSA) is 89.4 Å². The molecule has 1 saturated heterocycles. The Labute approximate surface area is 217 Å². The summed E-state index contributed by atoms with van der Waals surface area (Å²) in [6.07, 6.45) is 1.12. The van der Waals surface area contributed by atoms with Crippen LogP contribution in [0.5, 0.6) is 0 Å². The van der Waals surface area contributed by atoms with Crippen molar-refractivity contribution in [3.63, 3.8) is 0 Å². The van der Waals surface area contributed by atoms with E-state index in [0.717, 1.165) is 24.0 Å². The van der Waals surface area contributed by atoms with Crippen LogP contribution in [0.3, 0.4) is 0 Å². The largest absolute Gasteiger partial charge is 0.444 e. The molecule has 0 radical (unpaired) electrons. The van der Waals surface area contributed by atoms with Crippen molar-refractivity contribution in [1.29, 1.82) is 0 Å². The second kappa shape index (κ2) is 8.99. The van der Waals surface area contributed by atoms with Gasteiger partial charge in [0, 0.05) is 44.6 Å². The maximum atomic E-state index is 13.5. The Kier molecular flexibility index (Phi) is 6.32. The van der Waals surface area contributed by atoms with Crippen molar-refractivity contribution in [2.45, 2.75) is 57.5 Å². The number of piperidine rings is 1. The zero-order valence-electron chi connectivity index (χ0n) is 21.5. The molecule has 3 heterocycles. The van der Waals surface area contributed by atoms with Crippen molar-refractivity contribution in [2.75, 3.05) is 35.3 Å². The van der Waals surface area contributed by atoms with E-state index in [1.54, 1.807) is 17.0 Å². The van der Waals surface area contributed by atoms with E-state index < -0.39 is 28.4 Å². The van der Waals surface area contributed by atoms with Crippen molar-refractivity contribution >= 4 is 28.6 Å². The summed E-state index contributed by atoms with van der Waals surface area (Å²) in [4.78, 5) is 18.8. The number of amides is 1. The number of aromatic nitrogens is 1. The van der Waals surface area contributed by atoms with Gasteiger partial charge in [-0.15, -0.1) is 0 Å². The van der Waals surface area contributed by atoms with Crippen LogP contribution in [0.2, 0.25) is 0 Å². The third-order valence-electron chi connectivity index (χ3n) is 7.23. The second-order valence-electron chi connectivity index (χ2n) is 11.1. The predicted molar refractivity (Wildman–Crippen MR) is 141 cm³/mol. The number of alkyl halides is 2. The van der Waals surface area contributed by atoms with E-state index in [1.165, 1.54) is 15.7 Å². The van der Waals surface area contributed by atoms with Gasteiger partial charge in [0.2, 0.25) is 0 Å². The van der Waals surface area contributed by atoms with Gasteiger partial charge in [0.05, 0.1) is 5.69 Å². The summed E-state index contributed by atoms with van der Waals surface area (Å²) >= 11 is 0. The van der Waals surface area contributed by atoms with E-state index in [4.69, 9.17) is 9.72 Å². The van der Waals surface area contributed by atoms with Crippen molar-refractivity contribution in [1.82, 2.24) is 9.88 Å². The molecule has 11 heteroatoms. The minimum atomic E-state index is -3.45. The molecular formula is C26H34F2N4O4S. The average molecular weight is 537 g/mol. The third-order valence-corrected chi connectivity index (χ3v) is 9.07. The maximum Gasteiger partial charge on any atom is 0.410 e. The van der Waals surface area contributed by atoms with Crippen LogP contribution in [-0.4, -0.2) is 63.3 Å². The second-order valence-corrected chi connectivity index (χ2v) is 13.1. The minimum absolute atomic E-state index is 0.134. The lowest BCUT2D eigenvalue weighted by Gasteiger charge is -2.41. The van der Waals surface area contributed by atoms with E-state index in [-0.39, 0.29) is 19.1 Å². The number of ether oxygens (including phenoxy) is 1. The van der Waals surface area contributed by atoms with Crippen LogP contribution < -0.4 is 8.61 Å². The van der Waals surface area contributed by atoms with Gasteiger partial charge in [-0.3, -0.25) is 9.11 Å².